The first-order valence-electron chi connectivity index (χ1n) is 4.13. The van der Waals surface area contributed by atoms with Gasteiger partial charge < -0.3 is 15.2 Å². The van der Waals surface area contributed by atoms with Gasteiger partial charge in [0.2, 0.25) is 0 Å². The van der Waals surface area contributed by atoms with Crippen LogP contribution >= 0.6 is 0 Å². The molecular formula is C10H12NO2-. The lowest BCUT2D eigenvalue weighted by atomic mass is 10.2. The first-order valence-corrected chi connectivity index (χ1v) is 4.13. The molecular weight excluding hydrogens is 166 g/mol. The van der Waals surface area contributed by atoms with Crippen molar-refractivity contribution in [2.45, 2.75) is 19.9 Å². The van der Waals surface area contributed by atoms with Crippen molar-refractivity contribution in [3.8, 4) is 0 Å². The van der Waals surface area contributed by atoms with Crippen LogP contribution in [0.15, 0.2) is 24.3 Å². The summed E-state index contributed by atoms with van der Waals surface area (Å²) in [5, 5.41) is 13.2. The second kappa shape index (κ2) is 3.94. The quantitative estimate of drug-likeness (QED) is 0.735. The summed E-state index contributed by atoms with van der Waals surface area (Å²) < 4.78 is 0. The Morgan fingerprint density at radius 2 is 2.23 bits per heavy atom. The fourth-order valence-corrected chi connectivity index (χ4v) is 1.04. The molecule has 0 spiro atoms. The lowest BCUT2D eigenvalue weighted by molar-refractivity contribution is -0.306. The van der Waals surface area contributed by atoms with Crippen molar-refractivity contribution >= 4 is 11.7 Å². The van der Waals surface area contributed by atoms with Crippen molar-refractivity contribution in [1.82, 2.24) is 0 Å². The number of rotatable bonds is 3. The van der Waals surface area contributed by atoms with E-state index in [1.807, 2.05) is 31.2 Å². The molecule has 3 heteroatoms. The molecule has 1 aromatic rings. The molecule has 0 aliphatic carbocycles. The number of hydrogen-bond acceptors (Lipinski definition) is 3. The monoisotopic (exact) mass is 178 g/mol. The van der Waals surface area contributed by atoms with E-state index in [-0.39, 0.29) is 0 Å². The Labute approximate surface area is 77.4 Å². The lowest BCUT2D eigenvalue weighted by Gasteiger charge is -2.16. The molecule has 0 unspecified atom stereocenters. The van der Waals surface area contributed by atoms with Crippen molar-refractivity contribution in [3.63, 3.8) is 0 Å². The van der Waals surface area contributed by atoms with Crippen LogP contribution in [0.25, 0.3) is 0 Å². The van der Waals surface area contributed by atoms with Gasteiger partial charge in [0.15, 0.2) is 0 Å². The standard InChI is InChI=1S/C10H13NO2/c1-7-4-3-5-9(6-7)11-8(2)10(12)13/h3-6,8,11H,1-2H3,(H,12,13)/p-1/t8-/m0/s1. The van der Waals surface area contributed by atoms with Gasteiger partial charge in [0.1, 0.15) is 0 Å². The normalized spacial score (nSPS) is 12.2. The largest absolute Gasteiger partial charge is 0.548 e. The molecule has 1 rings (SSSR count). The van der Waals surface area contributed by atoms with Crippen LogP contribution in [0.2, 0.25) is 0 Å². The summed E-state index contributed by atoms with van der Waals surface area (Å²) >= 11 is 0. The van der Waals surface area contributed by atoms with Gasteiger partial charge >= 0.3 is 0 Å². The molecule has 0 bridgehead atoms. The highest BCUT2D eigenvalue weighted by molar-refractivity contribution is 5.74. The molecule has 0 aromatic heterocycles. The van der Waals surface area contributed by atoms with Crippen molar-refractivity contribution < 1.29 is 9.90 Å². The fraction of sp³-hybridized carbons (Fsp3) is 0.300. The maximum atomic E-state index is 10.4. The summed E-state index contributed by atoms with van der Waals surface area (Å²) in [6.07, 6.45) is 0. The Hall–Kier alpha value is -1.51. The first-order chi connectivity index (χ1) is 6.09. The molecule has 0 saturated carbocycles. The highest BCUT2D eigenvalue weighted by Gasteiger charge is 2.01. The minimum absolute atomic E-state index is 0.665. The van der Waals surface area contributed by atoms with Crippen molar-refractivity contribution in [2.24, 2.45) is 0 Å². The summed E-state index contributed by atoms with van der Waals surface area (Å²) in [5.74, 6) is -1.10. The molecule has 1 atom stereocenters. The van der Waals surface area contributed by atoms with Crippen LogP contribution in [0.1, 0.15) is 12.5 Å². The third-order valence-electron chi connectivity index (χ3n) is 1.75. The van der Waals surface area contributed by atoms with Gasteiger partial charge in [0.05, 0.1) is 12.0 Å². The van der Waals surface area contributed by atoms with Gasteiger partial charge in [0.25, 0.3) is 0 Å². The highest BCUT2D eigenvalue weighted by Crippen LogP contribution is 2.10. The summed E-state index contributed by atoms with van der Waals surface area (Å²) in [7, 11) is 0. The third-order valence-corrected chi connectivity index (χ3v) is 1.75. The first kappa shape index (κ1) is 9.58. The van der Waals surface area contributed by atoms with Gasteiger partial charge in [-0.25, -0.2) is 0 Å². The lowest BCUT2D eigenvalue weighted by Crippen LogP contribution is -2.38. The van der Waals surface area contributed by atoms with Gasteiger partial charge in [-0.1, -0.05) is 12.1 Å². The number of carboxylic acid groups (broad SMARTS) is 1. The molecule has 0 radical (unpaired) electrons. The van der Waals surface area contributed by atoms with Crippen molar-refractivity contribution in [3.05, 3.63) is 29.8 Å². The van der Waals surface area contributed by atoms with Gasteiger partial charge in [-0.15, -0.1) is 0 Å². The van der Waals surface area contributed by atoms with Crippen LogP contribution in [-0.2, 0) is 4.79 Å². The maximum Gasteiger partial charge on any atom is 0.0634 e. The van der Waals surface area contributed by atoms with Gasteiger partial charge in [0, 0.05) is 5.69 Å². The second-order valence-electron chi connectivity index (χ2n) is 3.05. The predicted octanol–water partition coefficient (Wildman–Crippen LogP) is 0.545. The zero-order chi connectivity index (χ0) is 9.84. The van der Waals surface area contributed by atoms with E-state index in [0.29, 0.717) is 0 Å². The molecule has 0 amide bonds. The number of aryl methyl sites for hydroxylation is 1. The number of hydrogen-bond donors (Lipinski definition) is 1. The van der Waals surface area contributed by atoms with Crippen molar-refractivity contribution in [2.75, 3.05) is 5.32 Å². The summed E-state index contributed by atoms with van der Waals surface area (Å²) in [4.78, 5) is 10.4. The smallest absolute Gasteiger partial charge is 0.0634 e. The summed E-state index contributed by atoms with van der Waals surface area (Å²) in [6, 6.07) is 6.88. The molecule has 1 aromatic carbocycles. The second-order valence-corrected chi connectivity index (χ2v) is 3.05. The summed E-state index contributed by atoms with van der Waals surface area (Å²) in [5.41, 5.74) is 1.90. The van der Waals surface area contributed by atoms with Crippen LogP contribution in [0.3, 0.4) is 0 Å². The number of anilines is 1. The van der Waals surface area contributed by atoms with E-state index in [9.17, 15) is 9.90 Å². The Morgan fingerprint density at radius 3 is 2.77 bits per heavy atom. The molecule has 0 aliphatic heterocycles. The Kier molecular flexibility index (Phi) is 2.90. The maximum absolute atomic E-state index is 10.4. The average Bonchev–Trinajstić information content (AvgIpc) is 2.04. The van der Waals surface area contributed by atoms with E-state index in [2.05, 4.69) is 5.32 Å². The molecule has 0 fully saturated rings. The zero-order valence-electron chi connectivity index (χ0n) is 7.70. The number of aliphatic carboxylic acids is 1. The van der Waals surface area contributed by atoms with E-state index in [1.54, 1.807) is 6.92 Å². The number of nitrogens with one attached hydrogen (secondary N) is 1. The Bertz CT molecular complexity index is 310. The van der Waals surface area contributed by atoms with E-state index < -0.39 is 12.0 Å². The molecule has 3 nitrogen and oxygen atoms in total. The SMILES string of the molecule is Cc1cccc(N[C@@H](C)C(=O)[O-])c1. The molecule has 0 aliphatic rings. The van der Waals surface area contributed by atoms with Crippen LogP contribution in [0.4, 0.5) is 5.69 Å². The molecule has 0 heterocycles. The van der Waals surface area contributed by atoms with Gasteiger partial charge in [-0.3, -0.25) is 0 Å². The Morgan fingerprint density at radius 1 is 1.54 bits per heavy atom. The minimum atomic E-state index is -1.10. The van der Waals surface area contributed by atoms with Crippen molar-refractivity contribution in [1.29, 1.82) is 0 Å². The Balaban J connectivity index is 2.69. The molecule has 1 N–H and O–H groups in total. The number of carbonyl (C=O) groups excluding carboxylic acids is 1. The predicted molar refractivity (Wildman–Crippen MR) is 49.3 cm³/mol. The summed E-state index contributed by atoms with van der Waals surface area (Å²) in [6.45, 7) is 3.51. The van der Waals surface area contributed by atoms with Gasteiger partial charge in [-0.2, -0.15) is 0 Å². The molecule has 70 valence electrons. The minimum Gasteiger partial charge on any atom is -0.548 e. The molecule has 0 saturated heterocycles. The third kappa shape index (κ3) is 2.78. The van der Waals surface area contributed by atoms with Crippen LogP contribution in [0, 0.1) is 6.92 Å². The zero-order valence-corrected chi connectivity index (χ0v) is 7.70. The number of carboxylic acids is 1. The fourth-order valence-electron chi connectivity index (χ4n) is 1.04. The number of benzene rings is 1. The topological polar surface area (TPSA) is 52.2 Å². The van der Waals surface area contributed by atoms with Gasteiger partial charge in [-0.05, 0) is 31.5 Å². The van der Waals surface area contributed by atoms with E-state index in [1.165, 1.54) is 0 Å². The molecule has 13 heavy (non-hydrogen) atoms. The van der Waals surface area contributed by atoms with E-state index in [4.69, 9.17) is 0 Å². The van der Waals surface area contributed by atoms with Crippen LogP contribution in [0.5, 0.6) is 0 Å². The number of carbonyl (C=O) groups is 1. The average molecular weight is 178 g/mol. The van der Waals surface area contributed by atoms with Crippen LogP contribution in [-0.4, -0.2) is 12.0 Å². The highest BCUT2D eigenvalue weighted by atomic mass is 16.4. The van der Waals surface area contributed by atoms with E-state index >= 15 is 0 Å². The van der Waals surface area contributed by atoms with Crippen LogP contribution < -0.4 is 10.4 Å². The van der Waals surface area contributed by atoms with E-state index in [0.717, 1.165) is 11.3 Å².